The number of nitro groups is 1. The molecule has 0 aromatic heterocycles. The van der Waals surface area contributed by atoms with E-state index < -0.39 is 17.0 Å². The molecule has 0 aliphatic carbocycles. The molecule has 1 heterocycles. The molecule has 0 unspecified atom stereocenters. The van der Waals surface area contributed by atoms with Crippen molar-refractivity contribution in [2.45, 2.75) is 20.0 Å². The Morgan fingerprint density at radius 2 is 2.07 bits per heavy atom. The lowest BCUT2D eigenvalue weighted by Gasteiger charge is -2.13. The monoisotopic (exact) mass is 383 g/mol. The quantitative estimate of drug-likeness (QED) is 0.325. The van der Waals surface area contributed by atoms with Crippen molar-refractivity contribution >= 4 is 23.5 Å². The Kier molecular flexibility index (Phi) is 5.39. The van der Waals surface area contributed by atoms with Crippen LogP contribution in [0.1, 0.15) is 29.8 Å². The van der Waals surface area contributed by atoms with E-state index in [0.717, 1.165) is 0 Å². The number of rotatable bonds is 6. The molecule has 0 fully saturated rings. The molecule has 8 heteroatoms. The first kappa shape index (κ1) is 19.1. The molecule has 0 radical (unpaired) electrons. The highest BCUT2D eigenvalue weighted by molar-refractivity contribution is 6.14. The third kappa shape index (κ3) is 4.01. The average Bonchev–Trinajstić information content (AvgIpc) is 2.97. The third-order valence-corrected chi connectivity index (χ3v) is 3.95. The van der Waals surface area contributed by atoms with Gasteiger partial charge in [0.25, 0.3) is 5.69 Å². The molecule has 0 saturated carbocycles. The maximum absolute atomic E-state index is 12.5. The van der Waals surface area contributed by atoms with Crippen molar-refractivity contribution in [3.8, 4) is 11.5 Å². The molecular formula is C20H17NO7. The topological polar surface area (TPSA) is 105 Å². The Morgan fingerprint density at radius 1 is 1.29 bits per heavy atom. The highest BCUT2D eigenvalue weighted by atomic mass is 16.6. The van der Waals surface area contributed by atoms with E-state index in [9.17, 15) is 19.7 Å². The van der Waals surface area contributed by atoms with Crippen LogP contribution in [0.15, 0.2) is 48.2 Å². The van der Waals surface area contributed by atoms with Gasteiger partial charge in [-0.2, -0.15) is 0 Å². The average molecular weight is 383 g/mol. The van der Waals surface area contributed by atoms with E-state index >= 15 is 0 Å². The van der Waals surface area contributed by atoms with Crippen LogP contribution < -0.4 is 9.47 Å². The van der Waals surface area contributed by atoms with E-state index in [1.165, 1.54) is 30.3 Å². The molecule has 2 aromatic rings. The van der Waals surface area contributed by atoms with E-state index in [2.05, 4.69) is 0 Å². The molecule has 0 bridgehead atoms. The summed E-state index contributed by atoms with van der Waals surface area (Å²) >= 11 is 0. The highest BCUT2D eigenvalue weighted by Crippen LogP contribution is 2.35. The smallest absolute Gasteiger partial charge is 0.347 e. The van der Waals surface area contributed by atoms with Crippen molar-refractivity contribution in [1.29, 1.82) is 0 Å². The summed E-state index contributed by atoms with van der Waals surface area (Å²) in [4.78, 5) is 34.6. The standard InChI is InChI=1S/C20H17NO7/c1-3-26-20(23)12(2)27-15-7-8-16-17(11-15)28-18(19(16)22)10-13-5-4-6-14(9-13)21(24)25/h4-12H,3H2,1-2H3/b18-10-/t12-/m0/s1. The van der Waals surface area contributed by atoms with Gasteiger partial charge in [0.15, 0.2) is 11.9 Å². The van der Waals surface area contributed by atoms with Gasteiger partial charge in [0.05, 0.1) is 17.1 Å². The summed E-state index contributed by atoms with van der Waals surface area (Å²) in [5, 5.41) is 10.9. The summed E-state index contributed by atoms with van der Waals surface area (Å²) in [7, 11) is 0. The van der Waals surface area contributed by atoms with Crippen LogP contribution >= 0.6 is 0 Å². The fourth-order valence-electron chi connectivity index (χ4n) is 2.63. The molecule has 0 saturated heterocycles. The number of allylic oxidation sites excluding steroid dienone is 1. The number of carbonyl (C=O) groups excluding carboxylic acids is 2. The van der Waals surface area contributed by atoms with Crippen LogP contribution in [0.3, 0.4) is 0 Å². The number of carbonyl (C=O) groups is 2. The van der Waals surface area contributed by atoms with E-state index in [1.807, 2.05) is 0 Å². The Hall–Kier alpha value is -3.68. The van der Waals surface area contributed by atoms with E-state index in [1.54, 1.807) is 32.0 Å². The lowest BCUT2D eigenvalue weighted by atomic mass is 10.1. The van der Waals surface area contributed by atoms with Gasteiger partial charge in [0.1, 0.15) is 11.5 Å². The van der Waals surface area contributed by atoms with Gasteiger partial charge in [-0.3, -0.25) is 14.9 Å². The lowest BCUT2D eigenvalue weighted by Crippen LogP contribution is -2.26. The molecule has 144 valence electrons. The highest BCUT2D eigenvalue weighted by Gasteiger charge is 2.28. The second-order valence-electron chi connectivity index (χ2n) is 5.96. The van der Waals surface area contributed by atoms with Gasteiger partial charge < -0.3 is 14.2 Å². The summed E-state index contributed by atoms with van der Waals surface area (Å²) in [6, 6.07) is 10.5. The molecule has 0 spiro atoms. The van der Waals surface area contributed by atoms with E-state index in [0.29, 0.717) is 16.9 Å². The van der Waals surface area contributed by atoms with Crippen molar-refractivity contribution in [2.75, 3.05) is 6.61 Å². The third-order valence-electron chi connectivity index (χ3n) is 3.95. The normalized spacial score (nSPS) is 14.9. The van der Waals surface area contributed by atoms with Gasteiger partial charge in [0.2, 0.25) is 5.78 Å². The number of Topliss-reactive ketones (excluding diaryl/α,β-unsaturated/α-hetero) is 1. The Balaban J connectivity index is 1.80. The molecule has 28 heavy (non-hydrogen) atoms. The molecule has 1 aliphatic rings. The number of nitrogens with zero attached hydrogens (tertiary/aromatic N) is 1. The first-order valence-corrected chi connectivity index (χ1v) is 8.55. The molecule has 8 nitrogen and oxygen atoms in total. The lowest BCUT2D eigenvalue weighted by molar-refractivity contribution is -0.384. The maximum Gasteiger partial charge on any atom is 0.347 e. The van der Waals surface area contributed by atoms with Crippen molar-refractivity contribution in [2.24, 2.45) is 0 Å². The van der Waals surface area contributed by atoms with Crippen molar-refractivity contribution in [3.63, 3.8) is 0 Å². The number of nitro benzene ring substituents is 1. The summed E-state index contributed by atoms with van der Waals surface area (Å²) in [6.07, 6.45) is 0.631. The number of fused-ring (bicyclic) bond motifs is 1. The van der Waals surface area contributed by atoms with Gasteiger partial charge in [-0.1, -0.05) is 12.1 Å². The number of esters is 1. The zero-order valence-corrected chi connectivity index (χ0v) is 15.2. The molecular weight excluding hydrogens is 366 g/mol. The maximum atomic E-state index is 12.5. The van der Waals surface area contributed by atoms with Crippen LogP contribution in [-0.2, 0) is 9.53 Å². The summed E-state index contributed by atoms with van der Waals surface area (Å²) in [5.74, 6) is -0.150. The number of ketones is 1. The van der Waals surface area contributed by atoms with Gasteiger partial charge in [-0.25, -0.2) is 4.79 Å². The Bertz CT molecular complexity index is 980. The summed E-state index contributed by atoms with van der Waals surface area (Å²) in [6.45, 7) is 3.51. The van der Waals surface area contributed by atoms with Gasteiger partial charge >= 0.3 is 5.97 Å². The molecule has 0 amide bonds. The number of ether oxygens (including phenoxy) is 3. The fraction of sp³-hybridized carbons (Fsp3) is 0.200. The first-order valence-electron chi connectivity index (χ1n) is 8.55. The summed E-state index contributed by atoms with van der Waals surface area (Å²) < 4.78 is 16.0. The van der Waals surface area contributed by atoms with Gasteiger partial charge in [0, 0.05) is 18.2 Å². The molecule has 1 atom stereocenters. The van der Waals surface area contributed by atoms with Crippen molar-refractivity contribution in [1.82, 2.24) is 0 Å². The minimum atomic E-state index is -0.810. The molecule has 2 aromatic carbocycles. The van der Waals surface area contributed by atoms with Crippen LogP contribution in [0.5, 0.6) is 11.5 Å². The number of hydrogen-bond donors (Lipinski definition) is 0. The Labute approximate surface area is 160 Å². The van der Waals surface area contributed by atoms with E-state index in [-0.39, 0.29) is 29.6 Å². The SMILES string of the molecule is CCOC(=O)[C@H](C)Oc1ccc2c(c1)O/C(=C\c1cccc([N+](=O)[O-])c1)C2=O. The second kappa shape index (κ2) is 7.91. The van der Waals surface area contributed by atoms with Crippen molar-refractivity contribution < 1.29 is 28.7 Å². The van der Waals surface area contributed by atoms with Gasteiger partial charge in [-0.15, -0.1) is 0 Å². The second-order valence-corrected chi connectivity index (χ2v) is 5.96. The van der Waals surface area contributed by atoms with Crippen LogP contribution in [0, 0.1) is 10.1 Å². The van der Waals surface area contributed by atoms with E-state index in [4.69, 9.17) is 14.2 Å². The Morgan fingerprint density at radius 3 is 2.79 bits per heavy atom. The fourth-order valence-corrected chi connectivity index (χ4v) is 2.63. The largest absolute Gasteiger partial charge is 0.479 e. The van der Waals surface area contributed by atoms with Crippen LogP contribution in [0.25, 0.3) is 6.08 Å². The molecule has 0 N–H and O–H groups in total. The minimum absolute atomic E-state index is 0.0473. The van der Waals surface area contributed by atoms with Crippen LogP contribution in [0.2, 0.25) is 0 Å². The number of hydrogen-bond acceptors (Lipinski definition) is 7. The minimum Gasteiger partial charge on any atom is -0.479 e. The predicted molar refractivity (Wildman–Crippen MR) is 99.2 cm³/mol. The van der Waals surface area contributed by atoms with Crippen LogP contribution in [0.4, 0.5) is 5.69 Å². The zero-order chi connectivity index (χ0) is 20.3. The van der Waals surface area contributed by atoms with Gasteiger partial charge in [-0.05, 0) is 37.6 Å². The number of non-ortho nitro benzene ring substituents is 1. The summed E-state index contributed by atoms with van der Waals surface area (Å²) in [5.41, 5.74) is 0.728. The van der Waals surface area contributed by atoms with Crippen LogP contribution in [-0.4, -0.2) is 29.4 Å². The molecule has 1 aliphatic heterocycles. The first-order chi connectivity index (χ1) is 13.4. The zero-order valence-electron chi connectivity index (χ0n) is 15.2. The van der Waals surface area contributed by atoms with Crippen molar-refractivity contribution in [3.05, 3.63) is 69.5 Å². The number of benzene rings is 2. The predicted octanol–water partition coefficient (Wildman–Crippen LogP) is 3.54. The molecule has 3 rings (SSSR count).